The fraction of sp³-hybridized carbons (Fsp3) is 0.438. The predicted molar refractivity (Wildman–Crippen MR) is 81.0 cm³/mol. The summed E-state index contributed by atoms with van der Waals surface area (Å²) in [4.78, 5) is 0. The van der Waals surface area contributed by atoms with E-state index in [9.17, 15) is 5.26 Å². The van der Waals surface area contributed by atoms with Gasteiger partial charge in [-0.25, -0.2) is 0 Å². The van der Waals surface area contributed by atoms with E-state index < -0.39 is 0 Å². The first kappa shape index (κ1) is 12.7. The first-order chi connectivity index (χ1) is 9.05. The molecule has 0 atom stereocenters. The molecule has 3 heteroatoms. The van der Waals surface area contributed by atoms with Crippen molar-refractivity contribution in [3.8, 4) is 6.07 Å². The third-order valence-electron chi connectivity index (χ3n) is 3.89. The average molecular weight is 317 g/mol. The second-order valence-corrected chi connectivity index (χ2v) is 6.86. The first-order valence-corrected chi connectivity index (χ1v) is 7.55. The molecule has 2 aromatic rings. The minimum atomic E-state index is -0.214. The van der Waals surface area contributed by atoms with Gasteiger partial charge in [0.15, 0.2) is 0 Å². The molecule has 0 spiro atoms. The third kappa shape index (κ3) is 2.08. The van der Waals surface area contributed by atoms with Gasteiger partial charge in [-0.05, 0) is 36.5 Å². The van der Waals surface area contributed by atoms with Crippen molar-refractivity contribution < 1.29 is 0 Å². The Hall–Kier alpha value is -1.27. The molecular formula is C16H17BrN2. The number of hydrogen-bond acceptors (Lipinski definition) is 1. The summed E-state index contributed by atoms with van der Waals surface area (Å²) in [5.41, 5.74) is 2.24. The van der Waals surface area contributed by atoms with Gasteiger partial charge >= 0.3 is 0 Å². The molecule has 1 aromatic heterocycles. The van der Waals surface area contributed by atoms with Crippen molar-refractivity contribution in [2.45, 2.75) is 38.6 Å². The van der Waals surface area contributed by atoms with Crippen LogP contribution in [0.3, 0.4) is 0 Å². The van der Waals surface area contributed by atoms with E-state index in [1.807, 2.05) is 0 Å². The zero-order chi connectivity index (χ0) is 13.6. The van der Waals surface area contributed by atoms with E-state index >= 15 is 0 Å². The molecule has 98 valence electrons. The van der Waals surface area contributed by atoms with Crippen molar-refractivity contribution in [2.75, 3.05) is 0 Å². The van der Waals surface area contributed by atoms with Crippen molar-refractivity contribution >= 4 is 26.8 Å². The molecule has 1 aliphatic rings. The highest BCUT2D eigenvalue weighted by Gasteiger charge is 2.46. The van der Waals surface area contributed by atoms with Gasteiger partial charge in [-0.2, -0.15) is 5.26 Å². The van der Waals surface area contributed by atoms with Gasteiger partial charge in [0.1, 0.15) is 0 Å². The lowest BCUT2D eigenvalue weighted by Gasteiger charge is -2.08. The number of hydrogen-bond donors (Lipinski definition) is 0. The molecule has 2 nitrogen and oxygen atoms in total. The van der Waals surface area contributed by atoms with Crippen LogP contribution in [0.5, 0.6) is 0 Å². The topological polar surface area (TPSA) is 28.7 Å². The lowest BCUT2D eigenvalue weighted by Crippen LogP contribution is -2.04. The second kappa shape index (κ2) is 4.38. The van der Waals surface area contributed by atoms with Gasteiger partial charge < -0.3 is 4.57 Å². The van der Waals surface area contributed by atoms with Gasteiger partial charge in [-0.1, -0.05) is 35.8 Å². The average Bonchev–Trinajstić information content (AvgIpc) is 3.09. The maximum atomic E-state index is 9.45. The molecule has 0 unspecified atom stereocenters. The van der Waals surface area contributed by atoms with Crippen LogP contribution < -0.4 is 0 Å². The molecule has 0 saturated heterocycles. The summed E-state index contributed by atoms with van der Waals surface area (Å²) in [6.45, 7) is 5.44. The van der Waals surface area contributed by atoms with Crippen LogP contribution in [-0.2, 0) is 12.0 Å². The Kier molecular flexibility index (Phi) is 2.94. The summed E-state index contributed by atoms with van der Waals surface area (Å²) >= 11 is 3.55. The van der Waals surface area contributed by atoms with E-state index in [-0.39, 0.29) is 5.41 Å². The van der Waals surface area contributed by atoms with E-state index in [4.69, 9.17) is 0 Å². The molecule has 1 fully saturated rings. The summed E-state index contributed by atoms with van der Waals surface area (Å²) in [5.74, 6) is 0.597. The minimum absolute atomic E-state index is 0.214. The summed E-state index contributed by atoms with van der Waals surface area (Å²) in [5, 5.41) is 10.7. The van der Waals surface area contributed by atoms with Crippen molar-refractivity contribution in [1.82, 2.24) is 4.57 Å². The highest BCUT2D eigenvalue weighted by Crippen LogP contribution is 2.50. The molecular weight excluding hydrogens is 300 g/mol. The standard InChI is InChI=1S/C16H17BrN2/c1-11(2)8-19-9-14(16(10-18)5-6-16)13-4-3-12(17)7-15(13)19/h3-4,7,9,11H,5-6,8H2,1-2H3. The van der Waals surface area contributed by atoms with Gasteiger partial charge in [0.05, 0.1) is 11.5 Å². The Morgan fingerprint density at radius 1 is 1.42 bits per heavy atom. The van der Waals surface area contributed by atoms with Crippen LogP contribution >= 0.6 is 15.9 Å². The van der Waals surface area contributed by atoms with Gasteiger partial charge in [0.25, 0.3) is 0 Å². The molecule has 0 aliphatic heterocycles. The summed E-state index contributed by atoms with van der Waals surface area (Å²) in [6.07, 6.45) is 4.20. The Balaban J connectivity index is 2.21. The molecule has 0 amide bonds. The molecule has 1 aromatic carbocycles. The lowest BCUT2D eigenvalue weighted by atomic mass is 9.97. The summed E-state index contributed by atoms with van der Waals surface area (Å²) in [6, 6.07) is 8.89. The number of nitrogens with zero attached hydrogens (tertiary/aromatic N) is 2. The zero-order valence-corrected chi connectivity index (χ0v) is 12.9. The molecule has 0 N–H and O–H groups in total. The van der Waals surface area contributed by atoms with Crippen LogP contribution in [0.1, 0.15) is 32.3 Å². The van der Waals surface area contributed by atoms with E-state index in [0.717, 1.165) is 23.9 Å². The van der Waals surface area contributed by atoms with E-state index in [2.05, 4.69) is 64.8 Å². The third-order valence-corrected chi connectivity index (χ3v) is 4.38. The van der Waals surface area contributed by atoms with Crippen LogP contribution in [0.25, 0.3) is 10.9 Å². The van der Waals surface area contributed by atoms with Crippen LogP contribution in [0, 0.1) is 17.2 Å². The number of rotatable bonds is 3. The normalized spacial score (nSPS) is 16.8. The number of halogens is 1. The molecule has 0 bridgehead atoms. The Morgan fingerprint density at radius 3 is 2.74 bits per heavy atom. The smallest absolute Gasteiger partial charge is 0.0844 e. The monoisotopic (exact) mass is 316 g/mol. The Morgan fingerprint density at radius 2 is 2.16 bits per heavy atom. The largest absolute Gasteiger partial charge is 0.347 e. The molecule has 1 aliphatic carbocycles. The number of benzene rings is 1. The van der Waals surface area contributed by atoms with E-state index in [1.165, 1.54) is 16.5 Å². The highest BCUT2D eigenvalue weighted by molar-refractivity contribution is 9.10. The maximum Gasteiger partial charge on any atom is 0.0844 e. The maximum absolute atomic E-state index is 9.45. The minimum Gasteiger partial charge on any atom is -0.347 e. The highest BCUT2D eigenvalue weighted by atomic mass is 79.9. The van der Waals surface area contributed by atoms with Crippen molar-refractivity contribution in [2.24, 2.45) is 5.92 Å². The van der Waals surface area contributed by atoms with Crippen LogP contribution in [0.15, 0.2) is 28.9 Å². The van der Waals surface area contributed by atoms with Gasteiger partial charge in [0, 0.05) is 28.1 Å². The van der Waals surface area contributed by atoms with E-state index in [0.29, 0.717) is 5.92 Å². The first-order valence-electron chi connectivity index (χ1n) is 6.76. The number of aromatic nitrogens is 1. The molecule has 3 rings (SSSR count). The molecule has 1 heterocycles. The Bertz CT molecular complexity index is 672. The second-order valence-electron chi connectivity index (χ2n) is 5.94. The van der Waals surface area contributed by atoms with E-state index in [1.54, 1.807) is 0 Å². The molecule has 1 saturated carbocycles. The molecule has 0 radical (unpaired) electrons. The lowest BCUT2D eigenvalue weighted by molar-refractivity contribution is 0.534. The quantitative estimate of drug-likeness (QED) is 0.812. The van der Waals surface area contributed by atoms with Gasteiger partial charge in [0.2, 0.25) is 0 Å². The van der Waals surface area contributed by atoms with Crippen molar-refractivity contribution in [1.29, 1.82) is 5.26 Å². The zero-order valence-electron chi connectivity index (χ0n) is 11.3. The van der Waals surface area contributed by atoms with Crippen molar-refractivity contribution in [3.63, 3.8) is 0 Å². The fourth-order valence-corrected chi connectivity index (χ4v) is 3.11. The number of fused-ring (bicyclic) bond motifs is 1. The van der Waals surface area contributed by atoms with Gasteiger partial charge in [-0.15, -0.1) is 0 Å². The van der Waals surface area contributed by atoms with Gasteiger partial charge in [-0.3, -0.25) is 0 Å². The SMILES string of the molecule is CC(C)Cn1cc(C2(C#N)CC2)c2ccc(Br)cc21. The molecule has 19 heavy (non-hydrogen) atoms. The summed E-state index contributed by atoms with van der Waals surface area (Å²) in [7, 11) is 0. The predicted octanol–water partition coefficient (Wildman–Crippen LogP) is 4.61. The van der Waals surface area contributed by atoms with Crippen LogP contribution in [0.2, 0.25) is 0 Å². The van der Waals surface area contributed by atoms with Crippen molar-refractivity contribution in [3.05, 3.63) is 34.4 Å². The van der Waals surface area contributed by atoms with Crippen LogP contribution in [0.4, 0.5) is 0 Å². The Labute approximate surface area is 122 Å². The van der Waals surface area contributed by atoms with Crippen LogP contribution in [-0.4, -0.2) is 4.57 Å². The number of nitriles is 1. The summed E-state index contributed by atoms with van der Waals surface area (Å²) < 4.78 is 3.40. The fourth-order valence-electron chi connectivity index (χ4n) is 2.76.